The van der Waals surface area contributed by atoms with Gasteiger partial charge in [-0.25, -0.2) is 0 Å². The molecule has 11 atom stereocenters. The third kappa shape index (κ3) is 7.76. The number of fused-ring (bicyclic) bond motifs is 2. The maximum Gasteiger partial charge on any atom is 0.0943 e. The van der Waals surface area contributed by atoms with E-state index < -0.39 is 0 Å². The Balaban J connectivity index is 0.913. The van der Waals surface area contributed by atoms with E-state index in [9.17, 15) is 5.26 Å². The maximum atomic E-state index is 9.58. The third-order valence-electron chi connectivity index (χ3n) is 15.7. The number of hydrogen-bond donors (Lipinski definition) is 1. The van der Waals surface area contributed by atoms with Gasteiger partial charge in [0.1, 0.15) is 0 Å². The molecule has 1 N–H and O–H groups in total. The minimum Gasteiger partial charge on any atom is -0.374 e. The van der Waals surface area contributed by atoms with Crippen molar-refractivity contribution in [1.29, 1.82) is 5.26 Å². The zero-order chi connectivity index (χ0) is 34.0. The largest absolute Gasteiger partial charge is 0.374 e. The Labute approximate surface area is 305 Å². The van der Waals surface area contributed by atoms with Crippen molar-refractivity contribution in [2.24, 2.45) is 41.4 Å². The monoisotopic (exact) mass is 680 g/mol. The highest BCUT2D eigenvalue weighted by Gasteiger charge is 2.42. The molecule has 4 nitrogen and oxygen atoms in total. The minimum absolute atomic E-state index is 0.460. The normalized spacial score (nSPS) is 42.6. The second kappa shape index (κ2) is 16.0. The Bertz CT molecular complexity index is 1310. The molecular formula is C46H69N3O. The van der Waals surface area contributed by atoms with Crippen LogP contribution in [-0.2, 0) is 4.74 Å². The van der Waals surface area contributed by atoms with Gasteiger partial charge in [-0.05, 0) is 158 Å². The summed E-state index contributed by atoms with van der Waals surface area (Å²) in [7, 11) is 0. The van der Waals surface area contributed by atoms with Crippen LogP contribution < -0.4 is 5.32 Å². The van der Waals surface area contributed by atoms with Crippen LogP contribution in [0.1, 0.15) is 155 Å². The van der Waals surface area contributed by atoms with Gasteiger partial charge in [0, 0.05) is 41.4 Å². The summed E-state index contributed by atoms with van der Waals surface area (Å²) >= 11 is 0. The van der Waals surface area contributed by atoms with Crippen molar-refractivity contribution in [3.63, 3.8) is 0 Å². The van der Waals surface area contributed by atoms with E-state index in [2.05, 4.69) is 60.5 Å². The number of rotatable bonds is 8. The first-order valence-electron chi connectivity index (χ1n) is 21.9. The van der Waals surface area contributed by atoms with Gasteiger partial charge in [0.15, 0.2) is 0 Å². The van der Waals surface area contributed by atoms with Gasteiger partial charge in [0.25, 0.3) is 0 Å². The van der Waals surface area contributed by atoms with Crippen molar-refractivity contribution >= 4 is 0 Å². The molecule has 274 valence electrons. The van der Waals surface area contributed by atoms with Crippen LogP contribution in [0.4, 0.5) is 0 Å². The molecule has 0 radical (unpaired) electrons. The summed E-state index contributed by atoms with van der Waals surface area (Å²) in [4.78, 5) is 2.98. The second-order valence-electron chi connectivity index (χ2n) is 18.6. The molecule has 50 heavy (non-hydrogen) atoms. The molecule has 0 spiro atoms. The third-order valence-corrected chi connectivity index (χ3v) is 15.7. The first-order valence-corrected chi connectivity index (χ1v) is 21.9. The number of hydrogen-bond acceptors (Lipinski definition) is 4. The van der Waals surface area contributed by atoms with Gasteiger partial charge < -0.3 is 15.0 Å². The van der Waals surface area contributed by atoms with E-state index in [1.54, 1.807) is 11.3 Å². The van der Waals surface area contributed by atoms with Gasteiger partial charge in [-0.15, -0.1) is 0 Å². The Hall–Kier alpha value is -1.83. The SMILES string of the molecule is CC(NC1CCCCC1C)C1=CCC(C2CCC(N(C3=CC4CCC(C#N)=CC4CC3)C3C=CC(C4CC5CCCCC5O4)CC3)CC2)CC1. The van der Waals surface area contributed by atoms with Gasteiger partial charge in [-0.3, -0.25) is 0 Å². The summed E-state index contributed by atoms with van der Waals surface area (Å²) in [5, 5.41) is 13.6. The summed E-state index contributed by atoms with van der Waals surface area (Å²) in [6.45, 7) is 4.90. The van der Waals surface area contributed by atoms with E-state index in [1.807, 2.05) is 0 Å². The number of nitrogens with zero attached hydrogens (tertiary/aromatic N) is 2. The lowest BCUT2D eigenvalue weighted by molar-refractivity contribution is -0.00317. The molecule has 0 aromatic carbocycles. The fourth-order valence-electron chi connectivity index (χ4n) is 12.6. The zero-order valence-corrected chi connectivity index (χ0v) is 31.8. The van der Waals surface area contributed by atoms with Crippen molar-refractivity contribution in [3.05, 3.63) is 47.2 Å². The summed E-state index contributed by atoms with van der Waals surface area (Å²) < 4.78 is 6.73. The molecule has 1 saturated heterocycles. The van der Waals surface area contributed by atoms with E-state index in [-0.39, 0.29) is 0 Å². The van der Waals surface area contributed by atoms with E-state index >= 15 is 0 Å². The average molecular weight is 680 g/mol. The lowest BCUT2D eigenvalue weighted by Gasteiger charge is -2.48. The van der Waals surface area contributed by atoms with Crippen molar-refractivity contribution in [2.75, 3.05) is 0 Å². The molecule has 8 rings (SSSR count). The molecule has 7 aliphatic carbocycles. The molecule has 8 aliphatic rings. The average Bonchev–Trinajstić information content (AvgIpc) is 3.61. The molecule has 0 aromatic rings. The van der Waals surface area contributed by atoms with Crippen molar-refractivity contribution < 1.29 is 4.74 Å². The van der Waals surface area contributed by atoms with Crippen molar-refractivity contribution in [1.82, 2.24) is 10.2 Å². The van der Waals surface area contributed by atoms with Gasteiger partial charge >= 0.3 is 0 Å². The summed E-state index contributed by atoms with van der Waals surface area (Å²) in [6.07, 6.45) is 43.0. The Morgan fingerprint density at radius 2 is 1.54 bits per heavy atom. The lowest BCUT2D eigenvalue weighted by atomic mass is 9.71. The van der Waals surface area contributed by atoms with Crippen LogP contribution in [0.25, 0.3) is 0 Å². The van der Waals surface area contributed by atoms with Crippen LogP contribution in [0.15, 0.2) is 47.2 Å². The van der Waals surface area contributed by atoms with E-state index in [0.29, 0.717) is 48.1 Å². The van der Waals surface area contributed by atoms with E-state index in [0.717, 1.165) is 48.1 Å². The van der Waals surface area contributed by atoms with Crippen LogP contribution in [0.5, 0.6) is 0 Å². The number of nitrogens with one attached hydrogen (secondary N) is 1. The molecule has 11 unspecified atom stereocenters. The standard InChI is InChI=1S/C46H69N3O/c1-31-7-3-5-9-44(31)48-32(2)34-13-15-35(16-14-34)36-17-22-41(23-18-36)49(43-26-21-38-27-33(30-47)11-12-39(38)28-43)42-24-19-37(20-25-42)46-29-40-8-4-6-10-45(40)50-46/h13,19,24,27-28,31-32,35-42,44-46,48H,3-12,14-18,20-23,25-26,29H2,1-2H3. The molecule has 0 aromatic heterocycles. The number of allylic oxidation sites excluding steroid dienone is 5. The Kier molecular flexibility index (Phi) is 11.3. The first-order chi connectivity index (χ1) is 24.5. The number of ether oxygens (including phenoxy) is 1. The zero-order valence-electron chi connectivity index (χ0n) is 31.8. The second-order valence-corrected chi connectivity index (χ2v) is 18.6. The van der Waals surface area contributed by atoms with Crippen LogP contribution in [0.2, 0.25) is 0 Å². The molecule has 4 heteroatoms. The van der Waals surface area contributed by atoms with Crippen LogP contribution >= 0.6 is 0 Å². The lowest BCUT2D eigenvalue weighted by Crippen LogP contribution is -2.46. The Morgan fingerprint density at radius 1 is 0.740 bits per heavy atom. The predicted octanol–water partition coefficient (Wildman–Crippen LogP) is 11.0. The Morgan fingerprint density at radius 3 is 2.30 bits per heavy atom. The van der Waals surface area contributed by atoms with Gasteiger partial charge in [0.2, 0.25) is 0 Å². The van der Waals surface area contributed by atoms with Gasteiger partial charge in [0.05, 0.1) is 18.3 Å². The van der Waals surface area contributed by atoms with Gasteiger partial charge in [-0.2, -0.15) is 5.26 Å². The highest BCUT2D eigenvalue weighted by molar-refractivity contribution is 5.28. The summed E-state index contributed by atoms with van der Waals surface area (Å²) in [6, 6.07) is 4.96. The molecular weight excluding hydrogens is 611 g/mol. The van der Waals surface area contributed by atoms with E-state index in [4.69, 9.17) is 4.74 Å². The molecule has 0 amide bonds. The van der Waals surface area contributed by atoms with Crippen molar-refractivity contribution in [2.45, 2.75) is 191 Å². The fourth-order valence-corrected chi connectivity index (χ4v) is 12.6. The van der Waals surface area contributed by atoms with Crippen molar-refractivity contribution in [3.8, 4) is 6.07 Å². The molecule has 4 fully saturated rings. The van der Waals surface area contributed by atoms with E-state index in [1.165, 1.54) is 128 Å². The smallest absolute Gasteiger partial charge is 0.0943 e. The van der Waals surface area contributed by atoms with Gasteiger partial charge in [-0.1, -0.05) is 68.6 Å². The summed E-state index contributed by atoms with van der Waals surface area (Å²) in [5.41, 5.74) is 4.38. The predicted molar refractivity (Wildman–Crippen MR) is 205 cm³/mol. The molecule has 3 saturated carbocycles. The highest BCUT2D eigenvalue weighted by atomic mass is 16.5. The number of nitriles is 1. The fraction of sp³-hybridized carbons (Fsp3) is 0.804. The summed E-state index contributed by atoms with van der Waals surface area (Å²) in [5.74, 6) is 5.25. The minimum atomic E-state index is 0.460. The van der Waals surface area contributed by atoms with Crippen LogP contribution in [-0.4, -0.2) is 41.3 Å². The molecule has 1 heterocycles. The van der Waals surface area contributed by atoms with Crippen LogP contribution in [0, 0.1) is 52.8 Å². The molecule has 0 bridgehead atoms. The first kappa shape index (κ1) is 35.2. The quantitative estimate of drug-likeness (QED) is 0.259. The topological polar surface area (TPSA) is 48.3 Å². The molecule has 1 aliphatic heterocycles. The highest BCUT2D eigenvalue weighted by Crippen LogP contribution is 2.46. The maximum absolute atomic E-state index is 9.58. The van der Waals surface area contributed by atoms with Crippen LogP contribution in [0.3, 0.4) is 0 Å².